The minimum Gasteiger partial charge on any atom is -0.430 e. The van der Waals surface area contributed by atoms with Crippen molar-refractivity contribution in [3.05, 3.63) is 57.5 Å². The van der Waals surface area contributed by atoms with Crippen molar-refractivity contribution in [2.45, 2.75) is 33.7 Å². The standard InChI is InChI=1S/C20H26Cl2N6O2/c1-4-18(27-11-14-5-6-15(21)16(22)9-14)28-20(29)19(12(2)10-23)26-8-7-17(25)30-13(3)24/h4-6,9-10,24-25,27H,7-8,11,23H2,1-3H3,(H,28,29)/b12-10-,18-4?,24-13?,25-17?,26-19?. The van der Waals surface area contributed by atoms with E-state index >= 15 is 0 Å². The monoisotopic (exact) mass is 452 g/mol. The number of benzene rings is 1. The smallest absolute Gasteiger partial charge is 0.275 e. The zero-order valence-electron chi connectivity index (χ0n) is 17.1. The molecule has 0 fully saturated rings. The highest BCUT2D eigenvalue weighted by Gasteiger charge is 2.15. The molecule has 0 unspecified atom stereocenters. The van der Waals surface area contributed by atoms with Crippen LogP contribution in [0.5, 0.6) is 0 Å². The predicted molar refractivity (Wildman–Crippen MR) is 122 cm³/mol. The SMILES string of the molecule is CC=C(NCc1ccc(Cl)c(Cl)c1)NC(=O)C(=NCCC(=N)OC(C)=N)/C(C)=C\N. The van der Waals surface area contributed by atoms with Crippen LogP contribution in [0.15, 0.2) is 46.9 Å². The van der Waals surface area contributed by atoms with E-state index in [0.717, 1.165) is 5.56 Å². The van der Waals surface area contributed by atoms with Gasteiger partial charge in [0.1, 0.15) is 11.5 Å². The number of aliphatic imine (C=N–C) groups is 1. The fourth-order valence-electron chi connectivity index (χ4n) is 2.21. The maximum Gasteiger partial charge on any atom is 0.275 e. The zero-order valence-corrected chi connectivity index (χ0v) is 18.6. The Bertz CT molecular complexity index is 893. The minimum atomic E-state index is -0.445. The van der Waals surface area contributed by atoms with Gasteiger partial charge < -0.3 is 21.1 Å². The molecule has 0 aliphatic rings. The summed E-state index contributed by atoms with van der Waals surface area (Å²) >= 11 is 11.9. The second-order valence-corrected chi connectivity index (χ2v) is 6.98. The van der Waals surface area contributed by atoms with Crippen molar-refractivity contribution in [2.75, 3.05) is 6.54 Å². The Morgan fingerprint density at radius 1 is 1.27 bits per heavy atom. The number of hydrogen-bond acceptors (Lipinski definition) is 7. The van der Waals surface area contributed by atoms with Crippen molar-refractivity contribution in [2.24, 2.45) is 10.7 Å². The van der Waals surface area contributed by atoms with E-state index < -0.39 is 5.91 Å². The Hall–Kier alpha value is -2.84. The first-order chi connectivity index (χ1) is 14.2. The molecule has 0 radical (unpaired) electrons. The van der Waals surface area contributed by atoms with Crippen LogP contribution in [0.1, 0.15) is 32.8 Å². The molecule has 1 aromatic carbocycles. The van der Waals surface area contributed by atoms with E-state index in [4.69, 9.17) is 44.5 Å². The van der Waals surface area contributed by atoms with Gasteiger partial charge >= 0.3 is 0 Å². The number of amides is 1. The summed E-state index contributed by atoms with van der Waals surface area (Å²) in [6.45, 7) is 5.44. The Balaban J connectivity index is 2.77. The molecule has 0 heterocycles. The van der Waals surface area contributed by atoms with Crippen LogP contribution in [-0.4, -0.2) is 30.0 Å². The summed E-state index contributed by atoms with van der Waals surface area (Å²) in [7, 11) is 0. The van der Waals surface area contributed by atoms with E-state index in [1.54, 1.807) is 32.1 Å². The molecule has 0 aliphatic heterocycles. The number of nitrogens with zero attached hydrogens (tertiary/aromatic N) is 1. The van der Waals surface area contributed by atoms with Crippen molar-refractivity contribution < 1.29 is 9.53 Å². The molecule has 0 bridgehead atoms. The quantitative estimate of drug-likeness (QED) is 0.287. The first kappa shape index (κ1) is 25.2. The second kappa shape index (κ2) is 12.7. The molecule has 8 nitrogen and oxygen atoms in total. The molecule has 0 aliphatic carbocycles. The van der Waals surface area contributed by atoms with Gasteiger partial charge in [0.15, 0.2) is 11.8 Å². The molecule has 10 heteroatoms. The molecule has 6 N–H and O–H groups in total. The molecule has 162 valence electrons. The summed E-state index contributed by atoms with van der Waals surface area (Å²) in [5, 5.41) is 21.6. The Labute approximate surface area is 186 Å². The van der Waals surface area contributed by atoms with Crippen molar-refractivity contribution in [3.8, 4) is 0 Å². The van der Waals surface area contributed by atoms with Crippen LogP contribution in [0.4, 0.5) is 0 Å². The topological polar surface area (TPSA) is 136 Å². The van der Waals surface area contributed by atoms with Crippen LogP contribution < -0.4 is 16.4 Å². The lowest BCUT2D eigenvalue weighted by molar-refractivity contribution is -0.114. The fourth-order valence-corrected chi connectivity index (χ4v) is 2.53. The summed E-state index contributed by atoms with van der Waals surface area (Å²) in [5.41, 5.74) is 7.09. The number of rotatable bonds is 9. The van der Waals surface area contributed by atoms with Gasteiger partial charge in [0.2, 0.25) is 0 Å². The predicted octanol–water partition coefficient (Wildman–Crippen LogP) is 3.75. The van der Waals surface area contributed by atoms with E-state index in [1.807, 2.05) is 6.07 Å². The Kier molecular flexibility index (Phi) is 10.6. The van der Waals surface area contributed by atoms with Gasteiger partial charge in [0.25, 0.3) is 5.91 Å². The van der Waals surface area contributed by atoms with Gasteiger partial charge in [-0.15, -0.1) is 0 Å². The number of carbonyl (C=O) groups excluding carboxylic acids is 1. The zero-order chi connectivity index (χ0) is 22.7. The number of allylic oxidation sites excluding steroid dienone is 1. The molecular formula is C20H26Cl2N6O2. The lowest BCUT2D eigenvalue weighted by atomic mass is 10.2. The van der Waals surface area contributed by atoms with Crippen molar-refractivity contribution >= 4 is 46.6 Å². The van der Waals surface area contributed by atoms with E-state index in [0.29, 0.717) is 28.0 Å². The lowest BCUT2D eigenvalue weighted by Crippen LogP contribution is -2.36. The number of ether oxygens (including phenoxy) is 1. The summed E-state index contributed by atoms with van der Waals surface area (Å²) in [6.07, 6.45) is 3.16. The molecule has 30 heavy (non-hydrogen) atoms. The van der Waals surface area contributed by atoms with Gasteiger partial charge in [-0.2, -0.15) is 0 Å². The average molecular weight is 453 g/mol. The Morgan fingerprint density at radius 3 is 2.53 bits per heavy atom. The molecule has 0 aromatic heterocycles. The van der Waals surface area contributed by atoms with Gasteiger partial charge in [-0.25, -0.2) is 0 Å². The summed E-state index contributed by atoms with van der Waals surface area (Å²) < 4.78 is 4.87. The van der Waals surface area contributed by atoms with Gasteiger partial charge in [-0.05, 0) is 49.4 Å². The number of hydrogen-bond donors (Lipinski definition) is 5. The summed E-state index contributed by atoms with van der Waals surface area (Å²) in [4.78, 5) is 16.9. The van der Waals surface area contributed by atoms with Gasteiger partial charge in [0.05, 0.1) is 10.0 Å². The summed E-state index contributed by atoms with van der Waals surface area (Å²) in [6, 6.07) is 5.28. The lowest BCUT2D eigenvalue weighted by Gasteiger charge is -2.14. The van der Waals surface area contributed by atoms with Crippen LogP contribution in [0.3, 0.4) is 0 Å². The highest BCUT2D eigenvalue weighted by atomic mass is 35.5. The number of carbonyl (C=O) groups is 1. The fraction of sp³-hybridized carbons (Fsp3) is 0.300. The van der Waals surface area contributed by atoms with E-state index in [-0.39, 0.29) is 30.5 Å². The maximum absolute atomic E-state index is 12.7. The first-order valence-corrected chi connectivity index (χ1v) is 9.82. The highest BCUT2D eigenvalue weighted by molar-refractivity contribution is 6.45. The first-order valence-electron chi connectivity index (χ1n) is 9.07. The number of halogens is 2. The average Bonchev–Trinajstić information content (AvgIpc) is 2.69. The van der Waals surface area contributed by atoms with Crippen molar-refractivity contribution in [1.29, 1.82) is 10.8 Å². The third kappa shape index (κ3) is 8.67. The second-order valence-electron chi connectivity index (χ2n) is 6.17. The Morgan fingerprint density at radius 2 is 1.97 bits per heavy atom. The van der Waals surface area contributed by atoms with Crippen molar-refractivity contribution in [3.63, 3.8) is 0 Å². The molecular weight excluding hydrogens is 427 g/mol. The molecule has 0 atom stereocenters. The van der Waals surface area contributed by atoms with E-state index in [1.165, 1.54) is 13.1 Å². The van der Waals surface area contributed by atoms with Gasteiger partial charge in [0, 0.05) is 26.4 Å². The molecule has 0 spiro atoms. The molecule has 0 saturated heterocycles. The van der Waals surface area contributed by atoms with Gasteiger partial charge in [-0.3, -0.25) is 20.6 Å². The van der Waals surface area contributed by atoms with Crippen LogP contribution in [0, 0.1) is 10.8 Å². The molecule has 0 saturated carbocycles. The van der Waals surface area contributed by atoms with Crippen LogP contribution in [0.2, 0.25) is 10.0 Å². The third-order valence-electron chi connectivity index (χ3n) is 3.73. The van der Waals surface area contributed by atoms with E-state index in [9.17, 15) is 4.79 Å². The molecule has 1 aromatic rings. The number of nitrogens with two attached hydrogens (primary N) is 1. The third-order valence-corrected chi connectivity index (χ3v) is 4.47. The normalized spacial score (nSPS) is 12.4. The largest absolute Gasteiger partial charge is 0.430 e. The highest BCUT2D eigenvalue weighted by Crippen LogP contribution is 2.22. The maximum atomic E-state index is 12.7. The van der Waals surface area contributed by atoms with E-state index in [2.05, 4.69) is 15.6 Å². The van der Waals surface area contributed by atoms with Crippen molar-refractivity contribution in [1.82, 2.24) is 10.6 Å². The minimum absolute atomic E-state index is 0.0780. The molecule has 1 amide bonds. The van der Waals surface area contributed by atoms with Crippen LogP contribution in [0.25, 0.3) is 0 Å². The number of nitrogens with one attached hydrogen (secondary N) is 4. The van der Waals surface area contributed by atoms with Crippen LogP contribution in [-0.2, 0) is 16.1 Å². The van der Waals surface area contributed by atoms with Crippen LogP contribution >= 0.6 is 23.2 Å². The summed E-state index contributed by atoms with van der Waals surface area (Å²) in [5.74, 6) is -0.137. The van der Waals surface area contributed by atoms with Gasteiger partial charge in [-0.1, -0.05) is 29.3 Å². The molecule has 1 rings (SSSR count).